The van der Waals surface area contributed by atoms with Crippen LogP contribution < -0.4 is 0 Å². The number of carbonyl (C=O) groups excluding carboxylic acids is 2. The zero-order valence-electron chi connectivity index (χ0n) is 19.9. The van der Waals surface area contributed by atoms with E-state index in [1.807, 2.05) is 38.1 Å². The molecule has 0 bridgehead atoms. The van der Waals surface area contributed by atoms with E-state index in [1.165, 1.54) is 0 Å². The van der Waals surface area contributed by atoms with Gasteiger partial charge in [0.2, 0.25) is 0 Å². The molecule has 9 nitrogen and oxygen atoms in total. The number of rotatable bonds is 6. The fraction of sp³-hybridized carbons (Fsp3) is 0.269. The van der Waals surface area contributed by atoms with Crippen molar-refractivity contribution in [3.63, 3.8) is 0 Å². The van der Waals surface area contributed by atoms with Crippen LogP contribution in [0.25, 0.3) is 11.2 Å². The number of carbonyl (C=O) groups is 2. The Balaban J connectivity index is 1.37. The lowest BCUT2D eigenvalue weighted by Gasteiger charge is -2.19. The van der Waals surface area contributed by atoms with Crippen LogP contribution in [-0.2, 0) is 14.2 Å². The third-order valence-electron chi connectivity index (χ3n) is 6.05. The molecule has 0 N–H and O–H groups in total. The van der Waals surface area contributed by atoms with Gasteiger partial charge < -0.3 is 14.2 Å². The highest BCUT2D eigenvalue weighted by molar-refractivity contribution is 9.11. The zero-order valence-corrected chi connectivity index (χ0v) is 23.1. The van der Waals surface area contributed by atoms with Crippen LogP contribution in [0, 0.1) is 13.8 Å². The van der Waals surface area contributed by atoms with E-state index in [2.05, 4.69) is 46.8 Å². The fourth-order valence-electron chi connectivity index (χ4n) is 4.04. The van der Waals surface area contributed by atoms with Gasteiger partial charge in [0, 0.05) is 6.42 Å². The van der Waals surface area contributed by atoms with Gasteiger partial charge in [-0.05, 0) is 70.0 Å². The predicted molar refractivity (Wildman–Crippen MR) is 141 cm³/mol. The summed E-state index contributed by atoms with van der Waals surface area (Å²) in [5, 5.41) is 0. The summed E-state index contributed by atoms with van der Waals surface area (Å²) in [6.45, 7) is 3.79. The molecule has 0 radical (unpaired) electrons. The van der Waals surface area contributed by atoms with E-state index in [0.29, 0.717) is 38.0 Å². The molecule has 11 heteroatoms. The van der Waals surface area contributed by atoms with Gasteiger partial charge in [0.05, 0.1) is 17.5 Å². The van der Waals surface area contributed by atoms with Crippen molar-refractivity contribution in [3.05, 3.63) is 86.4 Å². The van der Waals surface area contributed by atoms with Crippen molar-refractivity contribution in [2.45, 2.75) is 38.7 Å². The molecule has 0 unspecified atom stereocenters. The Morgan fingerprint density at radius 2 is 1.59 bits per heavy atom. The second kappa shape index (κ2) is 10.7. The molecule has 1 saturated heterocycles. The largest absolute Gasteiger partial charge is 0.459 e. The maximum absolute atomic E-state index is 12.9. The van der Waals surface area contributed by atoms with Crippen LogP contribution in [-0.4, -0.2) is 50.3 Å². The van der Waals surface area contributed by atoms with Crippen molar-refractivity contribution in [1.29, 1.82) is 0 Å². The molecule has 0 spiro atoms. The molecule has 5 rings (SSSR count). The highest BCUT2D eigenvalue weighted by Crippen LogP contribution is 2.34. The minimum Gasteiger partial charge on any atom is -0.459 e. The smallest absolute Gasteiger partial charge is 0.338 e. The summed E-state index contributed by atoms with van der Waals surface area (Å²) in [6, 6.07) is 14.2. The minimum atomic E-state index is -0.694. The highest BCUT2D eigenvalue weighted by atomic mass is 79.9. The lowest BCUT2D eigenvalue weighted by Crippen LogP contribution is -2.32. The van der Waals surface area contributed by atoms with E-state index in [0.717, 1.165) is 11.1 Å². The van der Waals surface area contributed by atoms with Crippen molar-refractivity contribution in [2.24, 2.45) is 0 Å². The molecule has 0 saturated carbocycles. The van der Waals surface area contributed by atoms with Gasteiger partial charge in [0.15, 0.2) is 10.4 Å². The van der Waals surface area contributed by atoms with Gasteiger partial charge in [-0.15, -0.1) is 0 Å². The number of esters is 2. The van der Waals surface area contributed by atoms with E-state index >= 15 is 0 Å². The molecule has 2 aromatic heterocycles. The topological polar surface area (TPSA) is 105 Å². The van der Waals surface area contributed by atoms with Crippen molar-refractivity contribution < 1.29 is 23.8 Å². The third kappa shape index (κ3) is 5.58. The number of aromatic nitrogens is 4. The molecule has 190 valence electrons. The van der Waals surface area contributed by atoms with Gasteiger partial charge in [-0.2, -0.15) is 0 Å². The number of fused-ring (bicyclic) bond motifs is 1. The van der Waals surface area contributed by atoms with Crippen LogP contribution >= 0.6 is 31.9 Å². The fourth-order valence-corrected chi connectivity index (χ4v) is 5.07. The SMILES string of the molecule is Cc1ccc(C(=O)OC[C@H]2O[C@@H](n3cnc4c(Br)nc(Br)nc43)C[C@@H]2OC(=O)c2ccc(C)cc2)cc1. The molecule has 3 atom stereocenters. The number of hydrogen-bond donors (Lipinski definition) is 0. The van der Waals surface area contributed by atoms with Crippen LogP contribution in [0.2, 0.25) is 0 Å². The van der Waals surface area contributed by atoms with Crippen LogP contribution in [0.1, 0.15) is 44.5 Å². The number of halogens is 2. The van der Waals surface area contributed by atoms with Gasteiger partial charge in [-0.1, -0.05) is 35.4 Å². The van der Waals surface area contributed by atoms with E-state index in [1.54, 1.807) is 35.2 Å². The molecular formula is C26H22Br2N4O5. The quantitative estimate of drug-likeness (QED) is 0.160. The number of benzene rings is 2. The van der Waals surface area contributed by atoms with Crippen LogP contribution in [0.3, 0.4) is 0 Å². The number of ether oxygens (including phenoxy) is 3. The standard InChI is InChI=1S/C26H22Br2N4O5/c1-14-3-7-16(8-4-14)24(33)35-12-19-18(37-25(34)17-9-5-15(2)6-10-17)11-20(36-19)32-13-29-21-22(27)30-26(28)31-23(21)32/h3-10,13,18-20H,11-12H2,1-2H3/t18-,19+,20+/m0/s1. The Kier molecular flexibility index (Phi) is 7.36. The van der Waals surface area contributed by atoms with Crippen molar-refractivity contribution in [3.8, 4) is 0 Å². The molecular weight excluding hydrogens is 608 g/mol. The molecule has 37 heavy (non-hydrogen) atoms. The first-order valence-corrected chi connectivity index (χ1v) is 13.1. The summed E-state index contributed by atoms with van der Waals surface area (Å²) in [5.74, 6) is -0.961. The summed E-state index contributed by atoms with van der Waals surface area (Å²) < 4.78 is 20.3. The summed E-state index contributed by atoms with van der Waals surface area (Å²) in [6.07, 6.45) is -0.0103. The van der Waals surface area contributed by atoms with Crippen molar-refractivity contribution >= 4 is 55.0 Å². The number of imidazole rings is 1. The number of hydrogen-bond acceptors (Lipinski definition) is 8. The first kappa shape index (κ1) is 25.5. The van der Waals surface area contributed by atoms with Gasteiger partial charge in [0.25, 0.3) is 0 Å². The van der Waals surface area contributed by atoms with E-state index in [-0.39, 0.29) is 6.61 Å². The zero-order chi connectivity index (χ0) is 26.1. The Bertz CT molecular complexity index is 1460. The normalized spacial score (nSPS) is 19.2. The summed E-state index contributed by atoms with van der Waals surface area (Å²) in [7, 11) is 0. The number of aryl methyl sites for hydroxylation is 2. The molecule has 2 aromatic carbocycles. The van der Waals surface area contributed by atoms with E-state index < -0.39 is 30.4 Å². The predicted octanol–water partition coefficient (Wildman–Crippen LogP) is 5.34. The van der Waals surface area contributed by atoms with Gasteiger partial charge >= 0.3 is 11.9 Å². The molecule has 1 aliphatic rings. The Hall–Kier alpha value is -3.15. The highest BCUT2D eigenvalue weighted by Gasteiger charge is 2.40. The minimum absolute atomic E-state index is 0.0932. The molecule has 1 aliphatic heterocycles. The molecule has 4 aromatic rings. The second-order valence-corrected chi connectivity index (χ2v) is 10.2. The summed E-state index contributed by atoms with van der Waals surface area (Å²) >= 11 is 6.70. The van der Waals surface area contributed by atoms with Crippen LogP contribution in [0.4, 0.5) is 0 Å². The van der Waals surface area contributed by atoms with Crippen LogP contribution in [0.5, 0.6) is 0 Å². The molecule has 1 fully saturated rings. The molecule has 0 amide bonds. The lowest BCUT2D eigenvalue weighted by atomic mass is 10.1. The molecule has 0 aliphatic carbocycles. The average molecular weight is 630 g/mol. The Morgan fingerprint density at radius 1 is 0.973 bits per heavy atom. The Labute approximate surface area is 229 Å². The van der Waals surface area contributed by atoms with Crippen molar-refractivity contribution in [2.75, 3.05) is 6.61 Å². The van der Waals surface area contributed by atoms with Gasteiger partial charge in [-0.25, -0.2) is 24.5 Å². The van der Waals surface area contributed by atoms with E-state index in [9.17, 15) is 9.59 Å². The summed E-state index contributed by atoms with van der Waals surface area (Å²) in [5.41, 5.74) is 4.04. The Morgan fingerprint density at radius 3 is 2.24 bits per heavy atom. The number of nitrogens with zero attached hydrogens (tertiary/aromatic N) is 4. The van der Waals surface area contributed by atoms with Gasteiger partial charge in [-0.3, -0.25) is 4.57 Å². The lowest BCUT2D eigenvalue weighted by molar-refractivity contribution is -0.0563. The maximum Gasteiger partial charge on any atom is 0.338 e. The molecule has 3 heterocycles. The average Bonchev–Trinajstić information content (AvgIpc) is 3.47. The monoisotopic (exact) mass is 628 g/mol. The first-order valence-electron chi connectivity index (χ1n) is 11.5. The second-order valence-electron chi connectivity index (χ2n) is 8.75. The first-order chi connectivity index (χ1) is 17.8. The third-order valence-corrected chi connectivity index (χ3v) is 6.96. The van der Waals surface area contributed by atoms with E-state index in [4.69, 9.17) is 14.2 Å². The summed E-state index contributed by atoms with van der Waals surface area (Å²) in [4.78, 5) is 38.6. The maximum atomic E-state index is 12.9. The van der Waals surface area contributed by atoms with Gasteiger partial charge in [0.1, 0.15) is 35.2 Å². The van der Waals surface area contributed by atoms with Crippen LogP contribution in [0.15, 0.2) is 64.2 Å². The van der Waals surface area contributed by atoms with Crippen molar-refractivity contribution in [1.82, 2.24) is 19.5 Å².